The largest absolute Gasteiger partial charge is 0.477 e. The maximum Gasteiger partial charge on any atom is 0.410 e. The van der Waals surface area contributed by atoms with Crippen molar-refractivity contribution in [2.24, 2.45) is 27.8 Å². The average molecular weight is 1650 g/mol. The number of ether oxygens (including phenoxy) is 5. The van der Waals surface area contributed by atoms with Gasteiger partial charge >= 0.3 is 30.5 Å². The smallest absolute Gasteiger partial charge is 0.410 e. The van der Waals surface area contributed by atoms with Gasteiger partial charge in [0.1, 0.15) is 38.7 Å². The molecule has 2 saturated carbocycles. The van der Waals surface area contributed by atoms with Crippen LogP contribution in [0.15, 0.2) is 95.2 Å². The third-order valence-corrected chi connectivity index (χ3v) is 20.8. The Labute approximate surface area is 659 Å². The fraction of sp³-hybridized carbons (Fsp3) is 0.595. The van der Waals surface area contributed by atoms with E-state index >= 15 is 0 Å². The molecule has 2 saturated heterocycles. The first-order valence-electron chi connectivity index (χ1n) is 37.9. The molecule has 0 aromatic carbocycles. The number of carbonyl (C=O) groups excluding carboxylic acids is 4. The lowest BCUT2D eigenvalue weighted by atomic mass is 9.93. The molecule has 10 rings (SSSR count). The van der Waals surface area contributed by atoms with E-state index in [4.69, 9.17) is 57.5 Å². The van der Waals surface area contributed by atoms with E-state index in [0.29, 0.717) is 37.9 Å². The summed E-state index contributed by atoms with van der Waals surface area (Å²) in [6.07, 6.45) is -7.77. The van der Waals surface area contributed by atoms with Gasteiger partial charge in [0, 0.05) is 67.3 Å². The van der Waals surface area contributed by atoms with Crippen LogP contribution in [0, 0.1) is 22.7 Å². The number of pyridine rings is 4. The zero-order chi connectivity index (χ0) is 85.7. The number of amides is 3. The number of esters is 1. The lowest BCUT2D eigenvalue weighted by molar-refractivity contribution is -0.190. The SMILES string of the molecule is CC(C)(C)OC(=O)N1C[C@@H](CCCNc2cccc(S(N)(=O)=O)n2)CC1(C)C.[2H]C([2H])(COc1ccn(-c2ccc(C(=O)NS(=O)(=O)c3cccc(NCCC[C@@H]4CN(C(=O)OC(C)(C)C)C(C)(C)C4)n3)c(Cl)n2)n1)CC1(C(F)(F)F)CC1.[2H]C([2H])(COc1ccn(-c2ccc(C(=O)OC(C)(C)C)c(Cl)n2)n1)CC1(C(F)(F)F)CC1. The van der Waals surface area contributed by atoms with Crippen molar-refractivity contribution in [3.63, 3.8) is 0 Å². The van der Waals surface area contributed by atoms with Gasteiger partial charge in [0.2, 0.25) is 11.8 Å². The Morgan fingerprint density at radius 2 is 0.964 bits per heavy atom. The summed E-state index contributed by atoms with van der Waals surface area (Å²) in [7, 11) is -8.25. The van der Waals surface area contributed by atoms with E-state index in [0.717, 1.165) is 38.5 Å². The molecular weight excluding hydrogens is 1540 g/mol. The van der Waals surface area contributed by atoms with E-state index in [1.165, 1.54) is 76.4 Å². The van der Waals surface area contributed by atoms with Gasteiger partial charge in [-0.3, -0.25) is 4.79 Å². The number of alkyl halides is 6. The zero-order valence-electron chi connectivity index (χ0n) is 68.2. The molecule has 0 spiro atoms. The molecule has 2 aliphatic carbocycles. The Bertz CT molecular complexity index is 4690. The summed E-state index contributed by atoms with van der Waals surface area (Å²) in [4.78, 5) is 70.4. The van der Waals surface area contributed by atoms with Gasteiger partial charge < -0.3 is 44.1 Å². The summed E-state index contributed by atoms with van der Waals surface area (Å²) in [6.45, 7) is 25.6. The van der Waals surface area contributed by atoms with Crippen LogP contribution in [0.1, 0.15) is 206 Å². The van der Waals surface area contributed by atoms with E-state index in [1.807, 2.05) is 65.0 Å². The molecule has 0 unspecified atom stereocenters. The maximum atomic E-state index is 13.3. The minimum atomic E-state index is -4.49. The molecule has 8 heterocycles. The predicted molar refractivity (Wildman–Crippen MR) is 403 cm³/mol. The summed E-state index contributed by atoms with van der Waals surface area (Å²) in [5.41, 5.74) is -6.54. The highest BCUT2D eigenvalue weighted by atomic mass is 35.5. The van der Waals surface area contributed by atoms with Crippen molar-refractivity contribution < 1.29 is 91.5 Å². The summed E-state index contributed by atoms with van der Waals surface area (Å²) in [5.74, 6) is 0.0173. The topological polar surface area (TPSA) is 338 Å². The number of hydrogen-bond acceptors (Lipinski definition) is 21. The first-order valence-corrected chi connectivity index (χ1v) is 39.7. The number of carbonyl (C=O) groups is 4. The monoisotopic (exact) mass is 1640 g/mol. The van der Waals surface area contributed by atoms with Crippen molar-refractivity contribution in [3.05, 3.63) is 107 Å². The van der Waals surface area contributed by atoms with E-state index in [-0.39, 0.29) is 111 Å². The van der Waals surface area contributed by atoms with Crippen LogP contribution in [0.5, 0.6) is 11.8 Å². The molecule has 612 valence electrons. The molecule has 2 atom stereocenters. The summed E-state index contributed by atoms with van der Waals surface area (Å²) in [6, 6.07) is 17.2. The van der Waals surface area contributed by atoms with Gasteiger partial charge in [-0.1, -0.05) is 35.3 Å². The predicted octanol–water partition coefficient (Wildman–Crippen LogP) is 15.5. The number of rotatable bonds is 27. The second kappa shape index (κ2) is 35.0. The number of likely N-dealkylation sites (tertiary alicyclic amines) is 2. The Hall–Kier alpha value is -8.28. The fourth-order valence-electron chi connectivity index (χ4n) is 12.3. The highest BCUT2D eigenvalue weighted by Crippen LogP contribution is 2.61. The molecule has 111 heavy (non-hydrogen) atoms. The lowest BCUT2D eigenvalue weighted by Gasteiger charge is -2.33. The molecule has 0 radical (unpaired) electrons. The third-order valence-electron chi connectivity index (χ3n) is 18.2. The minimum absolute atomic E-state index is 0.0138. The number of anilines is 2. The maximum absolute atomic E-state index is 13.3. The van der Waals surface area contributed by atoms with Gasteiger partial charge in [-0.25, -0.2) is 62.0 Å². The third kappa shape index (κ3) is 25.4. The van der Waals surface area contributed by atoms with Crippen molar-refractivity contribution in [2.75, 3.05) is 50.0 Å². The molecule has 2 aliphatic heterocycles. The highest BCUT2D eigenvalue weighted by molar-refractivity contribution is 7.90. The van der Waals surface area contributed by atoms with Crippen molar-refractivity contribution in [2.45, 2.75) is 230 Å². The van der Waals surface area contributed by atoms with Crippen LogP contribution in [-0.2, 0) is 34.3 Å². The van der Waals surface area contributed by atoms with E-state index in [9.17, 15) is 62.4 Å². The Morgan fingerprint density at radius 3 is 1.34 bits per heavy atom. The van der Waals surface area contributed by atoms with Gasteiger partial charge in [0.25, 0.3) is 26.0 Å². The second-order valence-corrected chi connectivity index (χ2v) is 35.8. The normalized spacial score (nSPS) is 18.6. The number of hydrogen-bond donors (Lipinski definition) is 4. The standard InChI is InChI=1S/C35H45ClF3N7O6S.C20H23ClF3N3O3.C19H32N4O4S/c1-32(2,3)52-31(48)45-22-23(21-33(45,4)5)9-7-18-40-25-10-6-11-28(41-25)53(49,50)44-30(47)24-12-13-26(42-29(24)36)46-19-14-27(43-46)51-20-8-15-34(16-17-34)35(37,38)39;1-18(2,3)30-17(28)13-5-6-14(25-16(13)21)27-11-7-15(26-27)29-12-4-8-19(9-10-19)20(22,23)24;1-18(2,3)27-17(24)23-13-14(12-19(23,4)5)8-7-11-21-15-9-6-10-16(22-15)28(20,25)26/h6,10-14,19,23H,7-9,15-18,20-22H2,1-5H3,(H,40,41)(H,44,47);5-7,11H,4,8-10,12H2,1-3H3;6,9-10,14H,7-8,11-13H2,1-5H3,(H,21,22)(H2,20,25,26)/t23-;;14-/m0.0/s1/i8D2;4D2;. The van der Waals surface area contributed by atoms with Crippen LogP contribution in [0.25, 0.3) is 11.6 Å². The Morgan fingerprint density at radius 1 is 0.568 bits per heavy atom. The van der Waals surface area contributed by atoms with Gasteiger partial charge in [0.05, 0.1) is 35.2 Å². The molecule has 6 aromatic heterocycles. The second-order valence-electron chi connectivity index (χ2n) is 32.0. The van der Waals surface area contributed by atoms with Crippen molar-refractivity contribution in [1.82, 2.24) is 54.0 Å². The highest BCUT2D eigenvalue weighted by Gasteiger charge is 2.63. The molecule has 4 aliphatic rings. The van der Waals surface area contributed by atoms with Crippen LogP contribution in [0.4, 0.5) is 47.6 Å². The summed E-state index contributed by atoms with van der Waals surface area (Å²) >= 11 is 12.4. The molecule has 6 aromatic rings. The van der Waals surface area contributed by atoms with Crippen LogP contribution in [-0.4, -0.2) is 170 Å². The molecule has 3 amide bonds. The van der Waals surface area contributed by atoms with Crippen LogP contribution in [0.3, 0.4) is 0 Å². The summed E-state index contributed by atoms with van der Waals surface area (Å²) < 4.78 is 192. The number of nitrogens with two attached hydrogens (primary N) is 1. The molecule has 5 N–H and O–H groups in total. The number of nitrogens with one attached hydrogen (secondary N) is 3. The van der Waals surface area contributed by atoms with Crippen LogP contribution < -0.4 is 30.0 Å². The number of nitrogens with zero attached hydrogens (tertiary/aromatic N) is 10. The lowest BCUT2D eigenvalue weighted by Crippen LogP contribution is -2.45. The first-order chi connectivity index (χ1) is 52.8. The molecular formula is C74H100Cl2F6N14O13S2. The van der Waals surface area contributed by atoms with Gasteiger partial charge in [-0.05, 0) is 240 Å². The number of aromatic nitrogens is 8. The number of sulfonamides is 2. The summed E-state index contributed by atoms with van der Waals surface area (Å²) in [5, 5.41) is 18.5. The molecule has 27 nitrogen and oxygen atoms in total. The quantitative estimate of drug-likeness (QED) is 0.0122. The first kappa shape index (κ1) is 82.2. The van der Waals surface area contributed by atoms with Gasteiger partial charge in [-0.15, -0.1) is 10.2 Å². The van der Waals surface area contributed by atoms with Crippen molar-refractivity contribution >= 4 is 78.9 Å². The Kier molecular flexibility index (Phi) is 25.9. The van der Waals surface area contributed by atoms with E-state index in [2.05, 4.69) is 54.6 Å². The van der Waals surface area contributed by atoms with Gasteiger partial charge in [0.15, 0.2) is 21.7 Å². The van der Waals surface area contributed by atoms with Crippen LogP contribution in [0.2, 0.25) is 10.3 Å². The van der Waals surface area contributed by atoms with E-state index in [1.54, 1.807) is 43.9 Å². The molecule has 37 heteroatoms. The molecule has 4 fully saturated rings. The van der Waals surface area contributed by atoms with Crippen molar-refractivity contribution in [1.29, 1.82) is 0 Å². The average Bonchev–Trinajstić information content (AvgIpc) is 1.59. The minimum Gasteiger partial charge on any atom is -0.477 e. The fourth-order valence-corrected chi connectivity index (χ4v) is 14.1. The number of halogens is 8. The number of primary sulfonamides is 1. The van der Waals surface area contributed by atoms with Crippen LogP contribution >= 0.6 is 23.2 Å². The van der Waals surface area contributed by atoms with Crippen molar-refractivity contribution in [3.8, 4) is 23.4 Å². The molecule has 0 bridgehead atoms. The van der Waals surface area contributed by atoms with E-state index < -0.39 is 116 Å². The zero-order valence-corrected chi connectivity index (χ0v) is 67.3. The van der Waals surface area contributed by atoms with Gasteiger partial charge in [-0.2, -0.15) is 34.8 Å². The Balaban J connectivity index is 0.000000234.